The molecular formula is C15H27ClN2O2. The number of likely N-dealkylation sites (tertiary alicyclic amines) is 1. The Morgan fingerprint density at radius 2 is 1.95 bits per heavy atom. The number of hydrogen-bond donors (Lipinski definition) is 2. The summed E-state index contributed by atoms with van der Waals surface area (Å²) in [6.45, 7) is 4.09. The second kappa shape index (κ2) is 6.63. The molecule has 5 heteroatoms. The zero-order valence-electron chi connectivity index (χ0n) is 12.1. The van der Waals surface area contributed by atoms with Crippen molar-refractivity contribution in [1.82, 2.24) is 10.2 Å². The lowest BCUT2D eigenvalue weighted by atomic mass is 9.78. The Hall–Kier alpha value is -0.320. The number of amides is 1. The predicted molar refractivity (Wildman–Crippen MR) is 80.9 cm³/mol. The van der Waals surface area contributed by atoms with Gasteiger partial charge in [-0.2, -0.15) is 0 Å². The van der Waals surface area contributed by atoms with E-state index in [0.29, 0.717) is 11.3 Å². The minimum absolute atomic E-state index is 0. The molecule has 2 heterocycles. The van der Waals surface area contributed by atoms with Gasteiger partial charge >= 0.3 is 0 Å². The lowest BCUT2D eigenvalue weighted by Crippen LogP contribution is -2.49. The van der Waals surface area contributed by atoms with Crippen molar-refractivity contribution in [2.24, 2.45) is 11.3 Å². The second-order valence-electron chi connectivity index (χ2n) is 6.80. The van der Waals surface area contributed by atoms with Crippen molar-refractivity contribution in [2.45, 2.75) is 51.0 Å². The van der Waals surface area contributed by atoms with Gasteiger partial charge in [0.2, 0.25) is 5.91 Å². The molecule has 3 fully saturated rings. The highest BCUT2D eigenvalue weighted by Crippen LogP contribution is 2.37. The molecule has 0 aromatic rings. The first kappa shape index (κ1) is 16.1. The van der Waals surface area contributed by atoms with E-state index in [2.05, 4.69) is 10.2 Å². The minimum atomic E-state index is -0.171. The molecule has 1 atom stereocenters. The minimum Gasteiger partial charge on any atom is -0.393 e. The Labute approximate surface area is 127 Å². The van der Waals surface area contributed by atoms with Crippen molar-refractivity contribution in [1.29, 1.82) is 0 Å². The summed E-state index contributed by atoms with van der Waals surface area (Å²) in [6, 6.07) is 0. The summed E-state index contributed by atoms with van der Waals surface area (Å²) in [5, 5.41) is 13.0. The summed E-state index contributed by atoms with van der Waals surface area (Å²) in [4.78, 5) is 14.7. The van der Waals surface area contributed by atoms with E-state index in [0.717, 1.165) is 58.3 Å². The molecule has 0 aromatic heterocycles. The van der Waals surface area contributed by atoms with Crippen LogP contribution in [0.4, 0.5) is 0 Å². The lowest BCUT2D eigenvalue weighted by Gasteiger charge is -2.42. The zero-order chi connectivity index (χ0) is 13.3. The number of rotatable bonds is 1. The summed E-state index contributed by atoms with van der Waals surface area (Å²) in [5.74, 6) is 0.533. The lowest BCUT2D eigenvalue weighted by molar-refractivity contribution is -0.140. The van der Waals surface area contributed by atoms with Crippen LogP contribution in [0, 0.1) is 11.3 Å². The molecule has 0 aromatic carbocycles. The average molecular weight is 303 g/mol. The number of piperidine rings is 1. The molecule has 1 spiro atoms. The predicted octanol–water partition coefficient (Wildman–Crippen LogP) is 1.56. The van der Waals surface area contributed by atoms with Gasteiger partial charge in [0.15, 0.2) is 0 Å². The molecule has 3 rings (SSSR count). The van der Waals surface area contributed by atoms with E-state index in [-0.39, 0.29) is 24.4 Å². The van der Waals surface area contributed by atoms with Crippen LogP contribution in [0.1, 0.15) is 44.9 Å². The maximum atomic E-state index is 12.6. The molecule has 1 unspecified atom stereocenters. The highest BCUT2D eigenvalue weighted by molar-refractivity contribution is 5.85. The van der Waals surface area contributed by atoms with Crippen LogP contribution in [0.2, 0.25) is 0 Å². The summed E-state index contributed by atoms with van der Waals surface area (Å²) >= 11 is 0. The number of nitrogens with zero attached hydrogens (tertiary/aromatic N) is 1. The zero-order valence-corrected chi connectivity index (χ0v) is 13.0. The van der Waals surface area contributed by atoms with Crippen LogP contribution < -0.4 is 5.32 Å². The van der Waals surface area contributed by atoms with E-state index in [4.69, 9.17) is 0 Å². The molecule has 3 aliphatic rings. The molecule has 2 aliphatic heterocycles. The topological polar surface area (TPSA) is 52.6 Å². The number of aliphatic hydroxyl groups is 1. The SMILES string of the molecule is Cl.O=C(C1CCC(O)CC1)N1CCCC2(CCNC2)C1. The standard InChI is InChI=1S/C15H26N2O2.ClH/c18-13-4-2-12(3-5-13)14(19)17-9-1-6-15(11-17)7-8-16-10-15;/h12-13,16,18H,1-11H2;1H. The Balaban J connectivity index is 0.00000147. The Bertz CT molecular complexity index is 337. The fourth-order valence-corrected chi connectivity index (χ4v) is 4.12. The monoisotopic (exact) mass is 302 g/mol. The third-order valence-electron chi connectivity index (χ3n) is 5.35. The highest BCUT2D eigenvalue weighted by atomic mass is 35.5. The van der Waals surface area contributed by atoms with Crippen LogP contribution in [0.5, 0.6) is 0 Å². The number of hydrogen-bond acceptors (Lipinski definition) is 3. The van der Waals surface area contributed by atoms with Gasteiger partial charge in [-0.25, -0.2) is 0 Å². The maximum Gasteiger partial charge on any atom is 0.225 e. The van der Waals surface area contributed by atoms with E-state index >= 15 is 0 Å². The van der Waals surface area contributed by atoms with Gasteiger partial charge in [0.1, 0.15) is 0 Å². The number of aliphatic hydroxyl groups excluding tert-OH is 1. The van der Waals surface area contributed by atoms with Gasteiger partial charge in [-0.1, -0.05) is 0 Å². The van der Waals surface area contributed by atoms with Gasteiger partial charge in [-0.3, -0.25) is 4.79 Å². The van der Waals surface area contributed by atoms with Crippen LogP contribution in [0.3, 0.4) is 0 Å². The molecule has 2 saturated heterocycles. The van der Waals surface area contributed by atoms with Gasteiger partial charge in [-0.05, 0) is 51.5 Å². The quantitative estimate of drug-likeness (QED) is 0.773. The Kier molecular flexibility index (Phi) is 5.32. The molecule has 20 heavy (non-hydrogen) atoms. The van der Waals surface area contributed by atoms with Crippen molar-refractivity contribution >= 4 is 18.3 Å². The van der Waals surface area contributed by atoms with Gasteiger partial charge < -0.3 is 15.3 Å². The third-order valence-corrected chi connectivity index (χ3v) is 5.35. The molecular weight excluding hydrogens is 276 g/mol. The van der Waals surface area contributed by atoms with E-state index in [1.807, 2.05) is 0 Å². The van der Waals surface area contributed by atoms with Crippen LogP contribution in [0.25, 0.3) is 0 Å². The maximum absolute atomic E-state index is 12.6. The molecule has 1 aliphatic carbocycles. The number of carbonyl (C=O) groups excluding carboxylic acids is 1. The first-order chi connectivity index (χ1) is 9.19. The third kappa shape index (κ3) is 3.29. The summed E-state index contributed by atoms with van der Waals surface area (Å²) in [6.07, 6.45) is 6.84. The molecule has 0 bridgehead atoms. The number of nitrogens with one attached hydrogen (secondary N) is 1. The molecule has 1 saturated carbocycles. The molecule has 0 radical (unpaired) electrons. The normalized spacial score (nSPS) is 37.8. The smallest absolute Gasteiger partial charge is 0.225 e. The Morgan fingerprint density at radius 3 is 2.60 bits per heavy atom. The van der Waals surface area contributed by atoms with Crippen molar-refractivity contribution in [3.63, 3.8) is 0 Å². The highest BCUT2D eigenvalue weighted by Gasteiger charge is 2.40. The van der Waals surface area contributed by atoms with Gasteiger partial charge in [0.25, 0.3) is 0 Å². The summed E-state index contributed by atoms with van der Waals surface area (Å²) in [5.41, 5.74) is 0.363. The molecule has 116 valence electrons. The summed E-state index contributed by atoms with van der Waals surface area (Å²) in [7, 11) is 0. The Morgan fingerprint density at radius 1 is 1.20 bits per heavy atom. The largest absolute Gasteiger partial charge is 0.393 e. The number of halogens is 1. The van der Waals surface area contributed by atoms with Gasteiger partial charge in [0.05, 0.1) is 6.10 Å². The first-order valence-corrected chi connectivity index (χ1v) is 7.86. The number of carbonyl (C=O) groups is 1. The van der Waals surface area contributed by atoms with Crippen LogP contribution in [-0.4, -0.2) is 48.2 Å². The van der Waals surface area contributed by atoms with Crippen molar-refractivity contribution in [3.05, 3.63) is 0 Å². The summed E-state index contributed by atoms with van der Waals surface area (Å²) < 4.78 is 0. The van der Waals surface area contributed by atoms with E-state index in [9.17, 15) is 9.90 Å². The van der Waals surface area contributed by atoms with Crippen LogP contribution in [-0.2, 0) is 4.79 Å². The van der Waals surface area contributed by atoms with E-state index < -0.39 is 0 Å². The molecule has 1 amide bonds. The van der Waals surface area contributed by atoms with Crippen molar-refractivity contribution in [3.8, 4) is 0 Å². The molecule has 4 nitrogen and oxygen atoms in total. The van der Waals surface area contributed by atoms with Gasteiger partial charge in [0, 0.05) is 31.0 Å². The van der Waals surface area contributed by atoms with Crippen molar-refractivity contribution in [2.75, 3.05) is 26.2 Å². The van der Waals surface area contributed by atoms with Crippen LogP contribution in [0.15, 0.2) is 0 Å². The second-order valence-corrected chi connectivity index (χ2v) is 6.80. The molecule has 2 N–H and O–H groups in total. The first-order valence-electron chi connectivity index (χ1n) is 7.86. The van der Waals surface area contributed by atoms with E-state index in [1.165, 1.54) is 12.8 Å². The van der Waals surface area contributed by atoms with Crippen molar-refractivity contribution < 1.29 is 9.90 Å². The van der Waals surface area contributed by atoms with Crippen LogP contribution >= 0.6 is 12.4 Å². The fraction of sp³-hybridized carbons (Fsp3) is 0.933. The fourth-order valence-electron chi connectivity index (χ4n) is 4.12. The average Bonchev–Trinajstić information content (AvgIpc) is 2.87. The van der Waals surface area contributed by atoms with E-state index in [1.54, 1.807) is 0 Å². The van der Waals surface area contributed by atoms with Gasteiger partial charge in [-0.15, -0.1) is 12.4 Å².